The number of benzene rings is 6. The first-order valence-electron chi connectivity index (χ1n) is 18.1. The van der Waals surface area contributed by atoms with Gasteiger partial charge in [0.2, 0.25) is 0 Å². The Kier molecular flexibility index (Phi) is 11.6. The minimum Gasteiger partial charge on any atom is -0.496 e. The summed E-state index contributed by atoms with van der Waals surface area (Å²) < 4.78 is 22.2. The Hall–Kier alpha value is -6.80. The van der Waals surface area contributed by atoms with Gasteiger partial charge in [0.15, 0.2) is 5.78 Å². The summed E-state index contributed by atoms with van der Waals surface area (Å²) in [6.07, 6.45) is 0.609. The first-order chi connectivity index (χ1) is 26.8. The largest absolute Gasteiger partial charge is 0.496 e. The average Bonchev–Trinajstić information content (AvgIpc) is 3.20. The van der Waals surface area contributed by atoms with Crippen LogP contribution in [0.4, 0.5) is 0 Å². The highest BCUT2D eigenvalue weighted by Gasteiger charge is 2.25. The van der Waals surface area contributed by atoms with E-state index >= 15 is 0 Å². The number of aryl methyl sites for hydroxylation is 2. The predicted octanol–water partition coefficient (Wildman–Crippen LogP) is 10.1. The monoisotopic (exact) mass is 746 g/mol. The Balaban J connectivity index is 1.00. The molecule has 0 aliphatic heterocycles. The number of carbonyl (C=O) groups excluding carboxylic acids is 4. The van der Waals surface area contributed by atoms with Gasteiger partial charge in [-0.15, -0.1) is 0 Å². The molecule has 0 unspecified atom stereocenters. The maximum atomic E-state index is 13.1. The molecule has 6 aromatic carbocycles. The molecule has 0 spiro atoms. The average molecular weight is 747 g/mol. The molecule has 6 aromatic rings. The van der Waals surface area contributed by atoms with E-state index in [4.69, 9.17) is 18.9 Å². The molecular formula is C48H42O8. The minimum absolute atomic E-state index is 0.0741. The summed E-state index contributed by atoms with van der Waals surface area (Å²) in [5, 5.41) is 0. The number of hydrogen-bond acceptors (Lipinski definition) is 8. The normalized spacial score (nSPS) is 11.0. The fraction of sp³-hybridized carbons (Fsp3) is 0.167. The van der Waals surface area contributed by atoms with Crippen LogP contribution in [0.3, 0.4) is 0 Å². The van der Waals surface area contributed by atoms with Crippen LogP contribution in [0.1, 0.15) is 95.6 Å². The van der Waals surface area contributed by atoms with Crippen molar-refractivity contribution in [1.82, 2.24) is 0 Å². The number of esters is 3. The molecule has 0 saturated carbocycles. The lowest BCUT2D eigenvalue weighted by molar-refractivity contribution is 0.0720. The number of ether oxygens (including phenoxy) is 4. The van der Waals surface area contributed by atoms with E-state index in [0.29, 0.717) is 40.4 Å². The summed E-state index contributed by atoms with van der Waals surface area (Å²) in [7, 11) is 1.66. The fourth-order valence-corrected chi connectivity index (χ4v) is 6.25. The van der Waals surface area contributed by atoms with Gasteiger partial charge in [0.25, 0.3) is 0 Å². The standard InChI is InChI=1S/C48H42O8/c1-30-27-39(19-25-43(30)53-6)48(4,5)40-20-26-44(31(2)28-40)56-47(52)38-17-15-37(16-18-38)46(51)55-42-23-9-34(10-24-42)29-33-7-21-41(22-8-33)54-45(50)36-13-11-35(12-14-36)32(3)49/h7-28H,29H2,1-6H3. The molecule has 0 atom stereocenters. The Morgan fingerprint density at radius 2 is 0.857 bits per heavy atom. The summed E-state index contributed by atoms with van der Waals surface area (Å²) in [5.41, 5.74) is 7.28. The molecule has 8 heteroatoms. The Morgan fingerprint density at radius 3 is 1.23 bits per heavy atom. The van der Waals surface area contributed by atoms with Gasteiger partial charge in [-0.1, -0.05) is 74.5 Å². The van der Waals surface area contributed by atoms with Crippen molar-refractivity contribution in [3.05, 3.63) is 189 Å². The van der Waals surface area contributed by atoms with E-state index in [2.05, 4.69) is 26.0 Å². The molecule has 0 amide bonds. The van der Waals surface area contributed by atoms with E-state index in [9.17, 15) is 19.2 Å². The van der Waals surface area contributed by atoms with Crippen LogP contribution in [0.5, 0.6) is 23.0 Å². The van der Waals surface area contributed by atoms with Crippen LogP contribution >= 0.6 is 0 Å². The van der Waals surface area contributed by atoms with Gasteiger partial charge in [-0.2, -0.15) is 0 Å². The maximum absolute atomic E-state index is 13.1. The SMILES string of the molecule is COc1ccc(C(C)(C)c2ccc(OC(=O)c3ccc(C(=O)Oc4ccc(Cc5ccc(OC(=O)c6ccc(C(C)=O)cc6)cc5)cc4)cc3)c(C)c2)cc1C. The highest BCUT2D eigenvalue weighted by molar-refractivity contribution is 5.97. The first kappa shape index (κ1) is 38.9. The van der Waals surface area contributed by atoms with Gasteiger partial charge in [0.05, 0.1) is 23.8 Å². The molecule has 0 radical (unpaired) electrons. The van der Waals surface area contributed by atoms with Crippen LogP contribution in [0, 0.1) is 13.8 Å². The van der Waals surface area contributed by atoms with Crippen LogP contribution in [-0.2, 0) is 11.8 Å². The molecular weight excluding hydrogens is 705 g/mol. The molecule has 282 valence electrons. The lowest BCUT2D eigenvalue weighted by Crippen LogP contribution is -2.19. The van der Waals surface area contributed by atoms with Gasteiger partial charge in [-0.25, -0.2) is 14.4 Å². The number of ketones is 1. The van der Waals surface area contributed by atoms with Crippen molar-refractivity contribution in [2.24, 2.45) is 0 Å². The number of Topliss-reactive ketones (excluding diaryl/α,β-unsaturated/α-hetero) is 1. The molecule has 0 aliphatic rings. The zero-order valence-corrected chi connectivity index (χ0v) is 32.2. The summed E-state index contributed by atoms with van der Waals surface area (Å²) >= 11 is 0. The molecule has 8 nitrogen and oxygen atoms in total. The van der Waals surface area contributed by atoms with Crippen molar-refractivity contribution in [1.29, 1.82) is 0 Å². The lowest BCUT2D eigenvalue weighted by atomic mass is 9.77. The highest BCUT2D eigenvalue weighted by Crippen LogP contribution is 2.36. The summed E-state index contributed by atoms with van der Waals surface area (Å²) in [5.74, 6) is 0.415. The van der Waals surface area contributed by atoms with Crippen molar-refractivity contribution >= 4 is 23.7 Å². The third-order valence-corrected chi connectivity index (χ3v) is 9.78. The van der Waals surface area contributed by atoms with Gasteiger partial charge < -0.3 is 18.9 Å². The second-order valence-electron chi connectivity index (χ2n) is 14.1. The predicted molar refractivity (Wildman–Crippen MR) is 214 cm³/mol. The number of hydrogen-bond donors (Lipinski definition) is 0. The van der Waals surface area contributed by atoms with Crippen molar-refractivity contribution in [2.75, 3.05) is 7.11 Å². The molecule has 0 N–H and O–H groups in total. The Bertz CT molecular complexity index is 2390. The lowest BCUT2D eigenvalue weighted by Gasteiger charge is -2.27. The van der Waals surface area contributed by atoms with Crippen molar-refractivity contribution in [3.63, 3.8) is 0 Å². The molecule has 0 heterocycles. The van der Waals surface area contributed by atoms with Gasteiger partial charge in [0, 0.05) is 11.0 Å². The van der Waals surface area contributed by atoms with Gasteiger partial charge in [-0.05, 0) is 133 Å². The summed E-state index contributed by atoms with van der Waals surface area (Å²) in [4.78, 5) is 50.0. The van der Waals surface area contributed by atoms with Crippen molar-refractivity contribution in [2.45, 2.75) is 46.5 Å². The summed E-state index contributed by atoms with van der Waals surface area (Å²) in [6.45, 7) is 9.72. The van der Waals surface area contributed by atoms with E-state index in [1.54, 1.807) is 67.8 Å². The topological polar surface area (TPSA) is 105 Å². The van der Waals surface area contributed by atoms with E-state index in [1.165, 1.54) is 19.1 Å². The molecule has 0 fully saturated rings. The zero-order chi connectivity index (χ0) is 40.0. The van der Waals surface area contributed by atoms with E-state index < -0.39 is 17.9 Å². The van der Waals surface area contributed by atoms with E-state index in [0.717, 1.165) is 39.1 Å². The van der Waals surface area contributed by atoms with Crippen LogP contribution in [0.15, 0.2) is 133 Å². The second-order valence-corrected chi connectivity index (χ2v) is 14.1. The maximum Gasteiger partial charge on any atom is 0.343 e. The number of methoxy groups -OCH3 is 1. The molecule has 0 aliphatic carbocycles. The Morgan fingerprint density at radius 1 is 0.482 bits per heavy atom. The first-order valence-corrected chi connectivity index (χ1v) is 18.1. The van der Waals surface area contributed by atoms with Crippen molar-refractivity contribution in [3.8, 4) is 23.0 Å². The van der Waals surface area contributed by atoms with E-state index in [1.807, 2.05) is 62.4 Å². The second kappa shape index (κ2) is 16.7. The van der Waals surface area contributed by atoms with E-state index in [-0.39, 0.29) is 16.8 Å². The molecule has 0 saturated heterocycles. The third-order valence-electron chi connectivity index (χ3n) is 9.78. The summed E-state index contributed by atoms with van der Waals surface area (Å²) in [6, 6.07) is 38.9. The van der Waals surface area contributed by atoms with Crippen LogP contribution in [-0.4, -0.2) is 30.8 Å². The molecule has 0 bridgehead atoms. The minimum atomic E-state index is -0.557. The van der Waals surface area contributed by atoms with Gasteiger partial charge >= 0.3 is 17.9 Å². The highest BCUT2D eigenvalue weighted by atomic mass is 16.5. The Labute approximate surface area is 326 Å². The van der Waals surface area contributed by atoms with Crippen LogP contribution in [0.25, 0.3) is 0 Å². The number of rotatable bonds is 12. The quantitative estimate of drug-likeness (QED) is 0.0693. The van der Waals surface area contributed by atoms with Crippen LogP contribution < -0.4 is 18.9 Å². The molecule has 0 aromatic heterocycles. The fourth-order valence-electron chi connectivity index (χ4n) is 6.25. The zero-order valence-electron chi connectivity index (χ0n) is 32.2. The molecule has 56 heavy (non-hydrogen) atoms. The van der Waals surface area contributed by atoms with Gasteiger partial charge in [0.1, 0.15) is 23.0 Å². The van der Waals surface area contributed by atoms with Gasteiger partial charge in [-0.3, -0.25) is 4.79 Å². The third kappa shape index (κ3) is 9.10. The smallest absolute Gasteiger partial charge is 0.343 e. The number of carbonyl (C=O) groups is 4. The van der Waals surface area contributed by atoms with Crippen molar-refractivity contribution < 1.29 is 38.1 Å². The van der Waals surface area contributed by atoms with Crippen LogP contribution in [0.2, 0.25) is 0 Å². The molecule has 6 rings (SSSR count).